The molecule has 0 unspecified atom stereocenters. The molecule has 1 saturated carbocycles. The molecule has 0 amide bonds. The van der Waals surface area contributed by atoms with E-state index >= 15 is 0 Å². The van der Waals surface area contributed by atoms with Crippen LogP contribution in [-0.4, -0.2) is 11.6 Å². The lowest BCUT2D eigenvalue weighted by molar-refractivity contribution is -0.172. The average Bonchev–Trinajstić information content (AvgIpc) is 2.40. The highest BCUT2D eigenvalue weighted by Gasteiger charge is 2.59. The maximum absolute atomic E-state index is 12.1. The van der Waals surface area contributed by atoms with Crippen LogP contribution in [0.4, 0.5) is 0 Å². The molecular weight excluding hydrogens is 212 g/mol. The van der Waals surface area contributed by atoms with Gasteiger partial charge in [-0.05, 0) is 32.1 Å². The molecule has 1 aliphatic carbocycles. The van der Waals surface area contributed by atoms with Crippen molar-refractivity contribution in [2.75, 3.05) is 0 Å². The fourth-order valence-corrected chi connectivity index (χ4v) is 3.29. The van der Waals surface area contributed by atoms with Crippen LogP contribution in [0.2, 0.25) is 0 Å². The van der Waals surface area contributed by atoms with Crippen molar-refractivity contribution >= 4 is 5.97 Å². The quantitative estimate of drug-likeness (QED) is 0.422. The average molecular weight is 236 g/mol. The summed E-state index contributed by atoms with van der Waals surface area (Å²) in [6, 6.07) is 0. The molecule has 0 aromatic heterocycles. The third-order valence-corrected chi connectivity index (χ3v) is 5.00. The first-order chi connectivity index (χ1) is 7.92. The fraction of sp³-hybridized carbons (Fsp3) is 0.800. The largest absolute Gasteiger partial charge is 0.455 e. The Hall–Kier alpha value is -0.790. The van der Waals surface area contributed by atoms with Gasteiger partial charge in [-0.3, -0.25) is 0 Å². The zero-order valence-electron chi connectivity index (χ0n) is 11.5. The van der Waals surface area contributed by atoms with Gasteiger partial charge in [0, 0.05) is 11.0 Å². The number of carbonyl (C=O) groups excluding carboxylic acids is 1. The van der Waals surface area contributed by atoms with Gasteiger partial charge in [-0.25, -0.2) is 4.79 Å². The van der Waals surface area contributed by atoms with Crippen LogP contribution in [0.1, 0.15) is 59.8 Å². The van der Waals surface area contributed by atoms with E-state index in [-0.39, 0.29) is 17.0 Å². The van der Waals surface area contributed by atoms with E-state index in [2.05, 4.69) is 33.8 Å². The molecule has 17 heavy (non-hydrogen) atoms. The van der Waals surface area contributed by atoms with Crippen molar-refractivity contribution in [2.45, 2.75) is 65.4 Å². The van der Waals surface area contributed by atoms with Crippen LogP contribution in [0.3, 0.4) is 0 Å². The highest BCUT2D eigenvalue weighted by Crippen LogP contribution is 2.58. The monoisotopic (exact) mass is 236 g/mol. The zero-order valence-corrected chi connectivity index (χ0v) is 11.5. The van der Waals surface area contributed by atoms with Gasteiger partial charge in [0.15, 0.2) is 0 Å². The molecule has 2 fully saturated rings. The minimum Gasteiger partial charge on any atom is -0.455 e. The van der Waals surface area contributed by atoms with Gasteiger partial charge < -0.3 is 4.74 Å². The first-order valence-corrected chi connectivity index (χ1v) is 6.86. The number of allylic oxidation sites excluding steroid dienone is 1. The minimum atomic E-state index is -0.253. The minimum absolute atomic E-state index is 0.0644. The molecule has 1 aliphatic heterocycles. The number of ether oxygens (including phenoxy) is 1. The first kappa shape index (κ1) is 12.7. The Labute approximate surface area is 104 Å². The summed E-state index contributed by atoms with van der Waals surface area (Å²) in [5.41, 5.74) is 0.772. The van der Waals surface area contributed by atoms with E-state index in [1.807, 2.05) is 0 Å². The van der Waals surface area contributed by atoms with E-state index in [0.29, 0.717) is 5.92 Å². The predicted molar refractivity (Wildman–Crippen MR) is 68.6 cm³/mol. The van der Waals surface area contributed by atoms with Crippen LogP contribution < -0.4 is 0 Å². The van der Waals surface area contributed by atoms with Crippen LogP contribution in [0.5, 0.6) is 0 Å². The van der Waals surface area contributed by atoms with Crippen LogP contribution in [0.15, 0.2) is 11.6 Å². The Morgan fingerprint density at radius 1 is 1.41 bits per heavy atom. The summed E-state index contributed by atoms with van der Waals surface area (Å²) in [5, 5.41) is 0. The molecular formula is C15H24O2. The van der Waals surface area contributed by atoms with E-state index in [1.165, 1.54) is 6.42 Å². The Kier molecular flexibility index (Phi) is 3.09. The van der Waals surface area contributed by atoms with Crippen LogP contribution in [0.25, 0.3) is 0 Å². The lowest BCUT2D eigenvalue weighted by Gasteiger charge is -2.45. The molecule has 0 aromatic carbocycles. The van der Waals surface area contributed by atoms with Crippen LogP contribution in [-0.2, 0) is 9.53 Å². The Morgan fingerprint density at radius 2 is 2.12 bits per heavy atom. The van der Waals surface area contributed by atoms with Crippen molar-refractivity contribution in [3.05, 3.63) is 11.6 Å². The van der Waals surface area contributed by atoms with Crippen molar-refractivity contribution in [3.63, 3.8) is 0 Å². The number of rotatable bonds is 3. The molecule has 2 aliphatic rings. The Bertz CT molecular complexity index is 354. The number of fused-ring (bicyclic) bond motifs is 2. The summed E-state index contributed by atoms with van der Waals surface area (Å²) in [7, 11) is 0. The van der Waals surface area contributed by atoms with Gasteiger partial charge in [-0.1, -0.05) is 39.7 Å². The molecule has 0 N–H and O–H groups in total. The number of carbonyl (C=O) groups is 1. The summed E-state index contributed by atoms with van der Waals surface area (Å²) >= 11 is 0. The van der Waals surface area contributed by atoms with E-state index < -0.39 is 0 Å². The second kappa shape index (κ2) is 4.15. The first-order valence-electron chi connectivity index (χ1n) is 6.86. The molecule has 0 radical (unpaired) electrons. The standard InChI is InChI=1S/C15H24O2/c1-5-6-7-8-11-12-9-10-15(4,14(12,2)3)17-13(11)16/h8,12H,5-7,9-10H2,1-4H3/b11-8+/t12-,15-/m1/s1. The molecule has 0 spiro atoms. The van der Waals surface area contributed by atoms with Gasteiger partial charge in [0.2, 0.25) is 0 Å². The number of hydrogen-bond acceptors (Lipinski definition) is 2. The van der Waals surface area contributed by atoms with Crippen molar-refractivity contribution < 1.29 is 9.53 Å². The summed E-state index contributed by atoms with van der Waals surface area (Å²) < 4.78 is 5.72. The van der Waals surface area contributed by atoms with Crippen molar-refractivity contribution in [2.24, 2.45) is 11.3 Å². The maximum Gasteiger partial charge on any atom is 0.334 e. The maximum atomic E-state index is 12.1. The number of esters is 1. The van der Waals surface area contributed by atoms with Gasteiger partial charge >= 0.3 is 5.97 Å². The molecule has 2 heteroatoms. The summed E-state index contributed by atoms with van der Waals surface area (Å²) in [6.45, 7) is 8.75. The topological polar surface area (TPSA) is 26.3 Å². The van der Waals surface area contributed by atoms with Crippen molar-refractivity contribution in [1.82, 2.24) is 0 Å². The fourth-order valence-electron chi connectivity index (χ4n) is 3.29. The number of unbranched alkanes of at least 4 members (excludes halogenated alkanes) is 2. The van der Waals surface area contributed by atoms with E-state index in [0.717, 1.165) is 31.3 Å². The molecule has 1 heterocycles. The zero-order chi connectivity index (χ0) is 12.7. The van der Waals surface area contributed by atoms with E-state index in [1.54, 1.807) is 0 Å². The highest BCUT2D eigenvalue weighted by atomic mass is 16.6. The second-order valence-electron chi connectivity index (χ2n) is 6.24. The summed E-state index contributed by atoms with van der Waals surface area (Å²) in [6.07, 6.45) is 7.55. The summed E-state index contributed by atoms with van der Waals surface area (Å²) in [4.78, 5) is 12.1. The molecule has 2 rings (SSSR count). The third-order valence-electron chi connectivity index (χ3n) is 5.00. The van der Waals surface area contributed by atoms with Gasteiger partial charge in [-0.2, -0.15) is 0 Å². The lowest BCUT2D eigenvalue weighted by atomic mass is 9.68. The molecule has 0 aromatic rings. The number of hydrogen-bond donors (Lipinski definition) is 0. The normalized spacial score (nSPS) is 37.3. The van der Waals surface area contributed by atoms with E-state index in [4.69, 9.17) is 4.74 Å². The predicted octanol–water partition coefficient (Wildman–Crippen LogP) is 3.85. The lowest BCUT2D eigenvalue weighted by Crippen LogP contribution is -2.49. The molecule has 2 bridgehead atoms. The SMILES string of the molecule is CCCC/C=C1/C(=O)O[C@]2(C)CC[C@H]1C2(C)C. The van der Waals surface area contributed by atoms with Gasteiger partial charge in [-0.15, -0.1) is 0 Å². The Balaban J connectivity index is 2.25. The van der Waals surface area contributed by atoms with Crippen LogP contribution in [0, 0.1) is 11.3 Å². The second-order valence-corrected chi connectivity index (χ2v) is 6.24. The molecule has 2 atom stereocenters. The molecule has 1 saturated heterocycles. The third kappa shape index (κ3) is 1.82. The van der Waals surface area contributed by atoms with Gasteiger partial charge in [0.1, 0.15) is 5.60 Å². The Morgan fingerprint density at radius 3 is 2.76 bits per heavy atom. The molecule has 96 valence electrons. The van der Waals surface area contributed by atoms with Crippen molar-refractivity contribution in [3.8, 4) is 0 Å². The van der Waals surface area contributed by atoms with Crippen LogP contribution >= 0.6 is 0 Å². The van der Waals surface area contributed by atoms with Crippen molar-refractivity contribution in [1.29, 1.82) is 0 Å². The highest BCUT2D eigenvalue weighted by molar-refractivity contribution is 5.91. The van der Waals surface area contributed by atoms with Gasteiger partial charge in [0.25, 0.3) is 0 Å². The smallest absolute Gasteiger partial charge is 0.334 e. The molecule has 2 nitrogen and oxygen atoms in total. The summed E-state index contributed by atoms with van der Waals surface area (Å²) in [5.74, 6) is 0.330. The van der Waals surface area contributed by atoms with E-state index in [9.17, 15) is 4.79 Å². The van der Waals surface area contributed by atoms with Gasteiger partial charge in [0.05, 0.1) is 0 Å².